The molecule has 0 radical (unpaired) electrons. The number of thiazole rings is 1. The van der Waals surface area contributed by atoms with Crippen molar-refractivity contribution in [2.24, 2.45) is 5.10 Å². The molecule has 1 aromatic carbocycles. The molecule has 25 heavy (non-hydrogen) atoms. The molecule has 122 valence electrons. The molecule has 3 rings (SSSR count). The summed E-state index contributed by atoms with van der Waals surface area (Å²) in [6, 6.07) is 12.2. The first-order valence-electron chi connectivity index (χ1n) is 7.07. The van der Waals surface area contributed by atoms with Crippen molar-refractivity contribution in [3.8, 4) is 16.6 Å². The Bertz CT molecular complexity index is 961. The Labute approximate surface area is 152 Å². The number of halogens is 1. The number of Topliss-reactive ketones (excluding diaryl/α,β-unsaturated/α-hetero) is 1. The van der Waals surface area contributed by atoms with Gasteiger partial charge in [-0.2, -0.15) is 10.4 Å². The second kappa shape index (κ2) is 7.66. The molecule has 1 N–H and O–H groups in total. The standard InChI is InChI=1S/C17H10ClN5OS/c18-12-3-5-13(6-4-12)22-23-14(8-19)16(24)15-10-25-17(21-15)11-2-1-7-20-9-11/h1-7,9-10,22H. The third-order valence-electron chi connectivity index (χ3n) is 3.11. The van der Waals surface area contributed by atoms with Gasteiger partial charge in [0.05, 0.1) is 5.69 Å². The minimum Gasteiger partial charge on any atom is -0.284 e. The first-order chi connectivity index (χ1) is 12.2. The van der Waals surface area contributed by atoms with Crippen LogP contribution in [0.2, 0.25) is 5.02 Å². The van der Waals surface area contributed by atoms with Gasteiger partial charge in [-0.3, -0.25) is 15.2 Å². The number of hydrogen-bond donors (Lipinski definition) is 1. The number of carbonyl (C=O) groups excluding carboxylic acids is 1. The van der Waals surface area contributed by atoms with Crippen molar-refractivity contribution >= 4 is 40.1 Å². The SMILES string of the molecule is N#CC(=NNc1ccc(Cl)cc1)C(=O)c1csc(-c2cccnc2)n1. The van der Waals surface area contributed by atoms with E-state index in [0.29, 0.717) is 15.7 Å². The van der Waals surface area contributed by atoms with E-state index in [4.69, 9.17) is 11.6 Å². The number of pyridine rings is 1. The number of aromatic nitrogens is 2. The summed E-state index contributed by atoms with van der Waals surface area (Å²) in [6.07, 6.45) is 3.32. The van der Waals surface area contributed by atoms with Crippen LogP contribution in [0.3, 0.4) is 0 Å². The summed E-state index contributed by atoms with van der Waals surface area (Å²) in [5, 5.41) is 15.9. The van der Waals surface area contributed by atoms with Crippen molar-refractivity contribution in [2.45, 2.75) is 0 Å². The lowest BCUT2D eigenvalue weighted by Crippen LogP contribution is -2.14. The Morgan fingerprint density at radius 3 is 2.76 bits per heavy atom. The van der Waals surface area contributed by atoms with Crippen molar-refractivity contribution in [1.29, 1.82) is 5.26 Å². The zero-order valence-corrected chi connectivity index (χ0v) is 14.3. The number of rotatable bonds is 5. The van der Waals surface area contributed by atoms with E-state index in [1.807, 2.05) is 6.07 Å². The molecule has 2 heterocycles. The molecule has 0 unspecified atom stereocenters. The van der Waals surface area contributed by atoms with Gasteiger partial charge in [-0.25, -0.2) is 4.98 Å². The fourth-order valence-corrected chi connectivity index (χ4v) is 2.81. The van der Waals surface area contributed by atoms with Crippen LogP contribution in [-0.4, -0.2) is 21.5 Å². The van der Waals surface area contributed by atoms with Crippen molar-refractivity contribution in [1.82, 2.24) is 9.97 Å². The number of benzene rings is 1. The van der Waals surface area contributed by atoms with E-state index in [-0.39, 0.29) is 11.4 Å². The summed E-state index contributed by atoms with van der Waals surface area (Å²) in [5.74, 6) is -0.546. The molecular formula is C17H10ClN5OS. The van der Waals surface area contributed by atoms with Gasteiger partial charge in [0, 0.05) is 28.4 Å². The van der Waals surface area contributed by atoms with Crippen LogP contribution in [0, 0.1) is 11.3 Å². The van der Waals surface area contributed by atoms with Crippen LogP contribution in [0.1, 0.15) is 10.5 Å². The molecule has 0 saturated heterocycles. The van der Waals surface area contributed by atoms with E-state index in [1.165, 1.54) is 11.3 Å². The molecule has 0 bridgehead atoms. The number of hydrogen-bond acceptors (Lipinski definition) is 7. The summed E-state index contributed by atoms with van der Waals surface area (Å²) >= 11 is 7.11. The maximum Gasteiger partial charge on any atom is 0.243 e. The lowest BCUT2D eigenvalue weighted by atomic mass is 10.2. The van der Waals surface area contributed by atoms with Crippen LogP contribution >= 0.6 is 22.9 Å². The molecule has 0 aliphatic rings. The third-order valence-corrected chi connectivity index (χ3v) is 4.25. The van der Waals surface area contributed by atoms with Gasteiger partial charge in [-0.05, 0) is 36.4 Å². The Kier molecular flexibility index (Phi) is 5.14. The average molecular weight is 368 g/mol. The Morgan fingerprint density at radius 2 is 2.08 bits per heavy atom. The Balaban J connectivity index is 1.78. The highest BCUT2D eigenvalue weighted by atomic mass is 35.5. The first kappa shape index (κ1) is 16.8. The first-order valence-corrected chi connectivity index (χ1v) is 8.33. The molecule has 3 aromatic rings. The molecule has 0 aliphatic carbocycles. The number of nitrogens with one attached hydrogen (secondary N) is 1. The highest BCUT2D eigenvalue weighted by Gasteiger charge is 2.18. The zero-order valence-electron chi connectivity index (χ0n) is 12.7. The van der Waals surface area contributed by atoms with Crippen molar-refractivity contribution in [3.05, 3.63) is 64.9 Å². The zero-order chi connectivity index (χ0) is 17.6. The Morgan fingerprint density at radius 1 is 1.28 bits per heavy atom. The van der Waals surface area contributed by atoms with Crippen molar-refractivity contribution in [2.75, 3.05) is 5.43 Å². The summed E-state index contributed by atoms with van der Waals surface area (Å²) in [4.78, 5) is 20.7. The highest BCUT2D eigenvalue weighted by Crippen LogP contribution is 2.23. The van der Waals surface area contributed by atoms with Crippen LogP contribution in [0.15, 0.2) is 59.3 Å². The summed E-state index contributed by atoms with van der Waals surface area (Å²) in [5.41, 5.74) is 3.97. The van der Waals surface area contributed by atoms with Crippen LogP contribution in [-0.2, 0) is 0 Å². The summed E-state index contributed by atoms with van der Waals surface area (Å²) in [6.45, 7) is 0. The maximum absolute atomic E-state index is 12.4. The van der Waals surface area contributed by atoms with E-state index in [0.717, 1.165) is 5.56 Å². The maximum atomic E-state index is 12.4. The molecular weight excluding hydrogens is 358 g/mol. The predicted molar refractivity (Wildman–Crippen MR) is 97.8 cm³/mol. The largest absolute Gasteiger partial charge is 0.284 e. The second-order valence-corrected chi connectivity index (χ2v) is 6.09. The van der Waals surface area contributed by atoms with Crippen molar-refractivity contribution in [3.63, 3.8) is 0 Å². The molecule has 0 atom stereocenters. The molecule has 0 aliphatic heterocycles. The topological polar surface area (TPSA) is 91.0 Å². The smallest absolute Gasteiger partial charge is 0.243 e. The number of carbonyl (C=O) groups is 1. The van der Waals surface area contributed by atoms with Gasteiger partial charge >= 0.3 is 0 Å². The third kappa shape index (κ3) is 4.07. The molecule has 0 fully saturated rings. The van der Waals surface area contributed by atoms with Gasteiger partial charge in [0.2, 0.25) is 11.5 Å². The van der Waals surface area contributed by atoms with E-state index in [2.05, 4.69) is 20.5 Å². The quantitative estimate of drug-likeness (QED) is 0.417. The molecule has 0 spiro atoms. The minimum absolute atomic E-state index is 0.169. The fourth-order valence-electron chi connectivity index (χ4n) is 1.89. The van der Waals surface area contributed by atoms with E-state index >= 15 is 0 Å². The number of ketones is 1. The van der Waals surface area contributed by atoms with E-state index in [9.17, 15) is 10.1 Å². The lowest BCUT2D eigenvalue weighted by molar-refractivity contribution is 0.106. The van der Waals surface area contributed by atoms with Gasteiger partial charge in [0.1, 0.15) is 16.8 Å². The van der Waals surface area contributed by atoms with Crippen LogP contribution in [0.4, 0.5) is 5.69 Å². The predicted octanol–water partition coefficient (Wildman–Crippen LogP) is 4.03. The molecule has 0 saturated carbocycles. The number of hydrazone groups is 1. The van der Waals surface area contributed by atoms with Gasteiger partial charge in [0.25, 0.3) is 0 Å². The molecule has 2 aromatic heterocycles. The molecule has 8 heteroatoms. The number of nitriles is 1. The normalized spacial score (nSPS) is 11.0. The van der Waals surface area contributed by atoms with E-state index < -0.39 is 5.78 Å². The van der Waals surface area contributed by atoms with Crippen LogP contribution in [0.5, 0.6) is 0 Å². The van der Waals surface area contributed by atoms with Gasteiger partial charge in [-0.15, -0.1) is 11.3 Å². The molecule has 6 nitrogen and oxygen atoms in total. The fraction of sp³-hybridized carbons (Fsp3) is 0. The number of nitrogens with zero attached hydrogens (tertiary/aromatic N) is 4. The summed E-state index contributed by atoms with van der Waals surface area (Å²) < 4.78 is 0. The lowest BCUT2D eigenvalue weighted by Gasteiger charge is -2.00. The number of anilines is 1. The second-order valence-electron chi connectivity index (χ2n) is 4.80. The molecule has 0 amide bonds. The van der Waals surface area contributed by atoms with Gasteiger partial charge < -0.3 is 0 Å². The van der Waals surface area contributed by atoms with Gasteiger partial charge in [-0.1, -0.05) is 11.6 Å². The van der Waals surface area contributed by atoms with Crippen molar-refractivity contribution < 1.29 is 4.79 Å². The highest BCUT2D eigenvalue weighted by molar-refractivity contribution is 7.13. The Hall–Kier alpha value is -3.08. The minimum atomic E-state index is -0.546. The van der Waals surface area contributed by atoms with Crippen LogP contribution in [0.25, 0.3) is 10.6 Å². The van der Waals surface area contributed by atoms with E-state index in [1.54, 1.807) is 54.2 Å². The van der Waals surface area contributed by atoms with Gasteiger partial charge in [0.15, 0.2) is 0 Å². The average Bonchev–Trinajstić information content (AvgIpc) is 3.14. The monoisotopic (exact) mass is 367 g/mol. The summed E-state index contributed by atoms with van der Waals surface area (Å²) in [7, 11) is 0. The van der Waals surface area contributed by atoms with Crippen LogP contribution < -0.4 is 5.43 Å².